The molecular formula is C25H20F4N2O4. The number of anilines is 1. The lowest BCUT2D eigenvalue weighted by atomic mass is 10.0. The van der Waals surface area contributed by atoms with E-state index in [1.165, 1.54) is 19.2 Å². The number of fused-ring (bicyclic) bond motifs is 1. The molecule has 0 atom stereocenters. The molecule has 6 nitrogen and oxygen atoms in total. The summed E-state index contributed by atoms with van der Waals surface area (Å²) in [7, 11) is 2.15. The Labute approximate surface area is 197 Å². The number of nitrogens with zero attached hydrogens (tertiary/aromatic N) is 1. The number of hydrogen-bond donors (Lipinski definition) is 1. The normalized spacial score (nSPS) is 11.2. The molecule has 0 bridgehead atoms. The Balaban J connectivity index is 1.73. The van der Waals surface area contributed by atoms with Crippen LogP contribution < -0.4 is 14.8 Å². The third-order valence-corrected chi connectivity index (χ3v) is 5.43. The Bertz CT molecular complexity index is 1420. The van der Waals surface area contributed by atoms with Gasteiger partial charge in [0.25, 0.3) is 5.91 Å². The first kappa shape index (κ1) is 24.1. The highest BCUT2D eigenvalue weighted by Crippen LogP contribution is 2.34. The van der Waals surface area contributed by atoms with Gasteiger partial charge in [0.1, 0.15) is 16.8 Å². The van der Waals surface area contributed by atoms with Gasteiger partial charge < -0.3 is 19.2 Å². The van der Waals surface area contributed by atoms with Gasteiger partial charge in [-0.05, 0) is 41.8 Å². The van der Waals surface area contributed by atoms with E-state index in [1.807, 2.05) is 26.0 Å². The molecular weight excluding hydrogens is 468 g/mol. The van der Waals surface area contributed by atoms with Gasteiger partial charge in [-0.2, -0.15) is 8.78 Å². The highest BCUT2D eigenvalue weighted by molar-refractivity contribution is 6.06. The van der Waals surface area contributed by atoms with E-state index < -0.39 is 40.5 Å². The SMILES string of the molecule is COc1ccc(-c2nc3cc(C(C)C)ccc3o2)cc1NC(=O)c1c(F)c(F)c(OC)c(F)c1F. The van der Waals surface area contributed by atoms with Gasteiger partial charge in [-0.1, -0.05) is 19.9 Å². The van der Waals surface area contributed by atoms with Crippen molar-refractivity contribution in [3.63, 3.8) is 0 Å². The molecule has 1 N–H and O–H groups in total. The number of rotatable bonds is 6. The lowest BCUT2D eigenvalue weighted by Gasteiger charge is -2.13. The number of benzene rings is 3. The van der Waals surface area contributed by atoms with Gasteiger partial charge in [-0.15, -0.1) is 0 Å². The summed E-state index contributed by atoms with van der Waals surface area (Å²) in [6.07, 6.45) is 0. The van der Waals surface area contributed by atoms with Crippen molar-refractivity contribution in [1.82, 2.24) is 4.98 Å². The Morgan fingerprint density at radius 1 is 0.943 bits per heavy atom. The molecule has 0 saturated carbocycles. The fraction of sp³-hybridized carbons (Fsp3) is 0.200. The van der Waals surface area contributed by atoms with Gasteiger partial charge >= 0.3 is 0 Å². The molecule has 0 fully saturated rings. The van der Waals surface area contributed by atoms with Crippen LogP contribution in [0.2, 0.25) is 0 Å². The van der Waals surface area contributed by atoms with Crippen LogP contribution in [0.25, 0.3) is 22.6 Å². The maximum Gasteiger partial charge on any atom is 0.261 e. The number of hydrogen-bond acceptors (Lipinski definition) is 5. The Morgan fingerprint density at radius 3 is 2.23 bits per heavy atom. The number of halogens is 4. The van der Waals surface area contributed by atoms with E-state index in [2.05, 4.69) is 15.0 Å². The molecule has 0 aliphatic carbocycles. The van der Waals surface area contributed by atoms with E-state index in [-0.39, 0.29) is 23.2 Å². The highest BCUT2D eigenvalue weighted by Gasteiger charge is 2.30. The topological polar surface area (TPSA) is 73.6 Å². The zero-order valence-corrected chi connectivity index (χ0v) is 19.1. The van der Waals surface area contributed by atoms with E-state index in [4.69, 9.17) is 9.15 Å². The van der Waals surface area contributed by atoms with Crippen molar-refractivity contribution >= 4 is 22.7 Å². The van der Waals surface area contributed by atoms with Gasteiger partial charge in [-0.25, -0.2) is 13.8 Å². The summed E-state index contributed by atoms with van der Waals surface area (Å²) < 4.78 is 72.3. The fourth-order valence-electron chi connectivity index (χ4n) is 3.54. The maximum atomic E-state index is 14.4. The molecule has 0 aliphatic rings. The second-order valence-corrected chi connectivity index (χ2v) is 7.93. The standard InChI is InChI=1S/C25H20F4N2O4/c1-11(2)12-5-8-17-15(9-12)31-25(35-17)13-6-7-16(33-3)14(10-13)30-24(32)18-19(26)21(28)23(34-4)22(29)20(18)27/h5-11H,1-4H3,(H,30,32). The zero-order valence-electron chi connectivity index (χ0n) is 19.1. The van der Waals surface area contributed by atoms with Crippen LogP contribution in [-0.2, 0) is 0 Å². The van der Waals surface area contributed by atoms with Crippen molar-refractivity contribution in [1.29, 1.82) is 0 Å². The van der Waals surface area contributed by atoms with Gasteiger partial charge in [0.15, 0.2) is 23.0 Å². The van der Waals surface area contributed by atoms with Crippen molar-refractivity contribution in [2.24, 2.45) is 0 Å². The number of amides is 1. The first-order valence-electron chi connectivity index (χ1n) is 10.5. The molecule has 1 aromatic heterocycles. The number of aromatic nitrogens is 1. The summed E-state index contributed by atoms with van der Waals surface area (Å²) >= 11 is 0. The van der Waals surface area contributed by atoms with Gasteiger partial charge in [-0.3, -0.25) is 4.79 Å². The largest absolute Gasteiger partial charge is 0.495 e. The third-order valence-electron chi connectivity index (χ3n) is 5.43. The van der Waals surface area contributed by atoms with Crippen molar-refractivity contribution in [3.8, 4) is 23.0 Å². The Kier molecular flexibility index (Phi) is 6.38. The summed E-state index contributed by atoms with van der Waals surface area (Å²) in [6, 6.07) is 10.1. The van der Waals surface area contributed by atoms with Crippen LogP contribution >= 0.6 is 0 Å². The molecule has 182 valence electrons. The summed E-state index contributed by atoms with van der Waals surface area (Å²) in [5.74, 6) is -9.53. The van der Waals surface area contributed by atoms with Crippen molar-refractivity contribution in [2.75, 3.05) is 19.5 Å². The number of carbonyl (C=O) groups excluding carboxylic acids is 1. The molecule has 0 saturated heterocycles. The van der Waals surface area contributed by atoms with Crippen LogP contribution in [0.5, 0.6) is 11.5 Å². The number of carbonyl (C=O) groups is 1. The molecule has 4 rings (SSSR count). The number of ether oxygens (including phenoxy) is 2. The number of methoxy groups -OCH3 is 2. The quantitative estimate of drug-likeness (QED) is 0.250. The fourth-order valence-corrected chi connectivity index (χ4v) is 3.54. The first-order chi connectivity index (χ1) is 16.7. The van der Waals surface area contributed by atoms with Crippen LogP contribution in [0.3, 0.4) is 0 Å². The summed E-state index contributed by atoms with van der Waals surface area (Å²) in [5.41, 5.74) is 1.17. The van der Waals surface area contributed by atoms with Gasteiger partial charge in [0, 0.05) is 5.56 Å². The van der Waals surface area contributed by atoms with Crippen LogP contribution in [0.4, 0.5) is 23.2 Å². The lowest BCUT2D eigenvalue weighted by molar-refractivity contribution is 0.101. The van der Waals surface area contributed by atoms with Crippen molar-refractivity contribution < 1.29 is 36.2 Å². The minimum Gasteiger partial charge on any atom is -0.495 e. The monoisotopic (exact) mass is 488 g/mol. The predicted molar refractivity (Wildman–Crippen MR) is 121 cm³/mol. The van der Waals surface area contributed by atoms with E-state index in [0.717, 1.165) is 12.7 Å². The average Bonchev–Trinajstić information content (AvgIpc) is 3.27. The number of oxazole rings is 1. The Morgan fingerprint density at radius 2 is 1.63 bits per heavy atom. The van der Waals surface area contributed by atoms with Crippen molar-refractivity contribution in [3.05, 3.63) is 70.8 Å². The van der Waals surface area contributed by atoms with Crippen molar-refractivity contribution in [2.45, 2.75) is 19.8 Å². The second-order valence-electron chi connectivity index (χ2n) is 7.93. The van der Waals surface area contributed by atoms with E-state index in [1.54, 1.807) is 12.1 Å². The molecule has 1 heterocycles. The average molecular weight is 488 g/mol. The molecule has 35 heavy (non-hydrogen) atoms. The minimum absolute atomic E-state index is 0.0319. The number of nitrogens with one attached hydrogen (secondary N) is 1. The van der Waals surface area contributed by atoms with Gasteiger partial charge in [0.2, 0.25) is 17.5 Å². The smallest absolute Gasteiger partial charge is 0.261 e. The van der Waals surface area contributed by atoms with E-state index in [0.29, 0.717) is 16.7 Å². The van der Waals surface area contributed by atoms with Crippen LogP contribution in [0.15, 0.2) is 40.8 Å². The summed E-state index contributed by atoms with van der Waals surface area (Å²) in [4.78, 5) is 17.1. The van der Waals surface area contributed by atoms with E-state index in [9.17, 15) is 22.4 Å². The molecule has 10 heteroatoms. The molecule has 4 aromatic rings. The molecule has 0 unspecified atom stereocenters. The maximum absolute atomic E-state index is 14.4. The lowest BCUT2D eigenvalue weighted by Crippen LogP contribution is -2.19. The third kappa shape index (κ3) is 4.27. The summed E-state index contributed by atoms with van der Waals surface area (Å²) in [5, 5.41) is 2.23. The Hall–Kier alpha value is -4.08. The van der Waals surface area contributed by atoms with E-state index >= 15 is 0 Å². The molecule has 0 radical (unpaired) electrons. The van der Waals surface area contributed by atoms with Gasteiger partial charge in [0.05, 0.1) is 19.9 Å². The van der Waals surface area contributed by atoms with Crippen LogP contribution in [-0.4, -0.2) is 25.1 Å². The second kappa shape index (κ2) is 9.28. The van der Waals surface area contributed by atoms with Crippen LogP contribution in [0.1, 0.15) is 35.7 Å². The highest BCUT2D eigenvalue weighted by atomic mass is 19.2. The summed E-state index contributed by atoms with van der Waals surface area (Å²) in [6.45, 7) is 4.10. The first-order valence-corrected chi connectivity index (χ1v) is 10.5. The molecule has 0 spiro atoms. The van der Waals surface area contributed by atoms with Crippen LogP contribution in [0, 0.1) is 23.3 Å². The zero-order chi connectivity index (χ0) is 25.4. The molecule has 0 aliphatic heterocycles. The predicted octanol–water partition coefficient (Wildman–Crippen LogP) is 6.44. The molecule has 3 aromatic carbocycles. The minimum atomic E-state index is -1.90. The molecule has 1 amide bonds.